The standard InChI is InChI=1S/C34H66O6/c1-14-21(7)23(9)32-24(10)22(8)18-34(13,40-32)36-19-27(35)28(15-2)37-30(17-4)39-33-26(12)25(11)31(20(5)6)38-29(33)16-3/h20-33,35H,14-19H2,1-13H3/t21-,22-,23-,24-,25?,26-,27-,28?,29?,30+,31+,32?,33+,34+/m1/s1. The van der Waals surface area contributed by atoms with Crippen LogP contribution in [-0.2, 0) is 23.7 Å². The van der Waals surface area contributed by atoms with Gasteiger partial charge in [0.15, 0.2) is 12.1 Å². The lowest BCUT2D eigenvalue weighted by Gasteiger charge is -2.48. The van der Waals surface area contributed by atoms with Crippen LogP contribution in [0.2, 0.25) is 0 Å². The minimum atomic E-state index is -0.769. The zero-order valence-corrected chi connectivity index (χ0v) is 28.3. The summed E-state index contributed by atoms with van der Waals surface area (Å²) < 4.78 is 32.6. The van der Waals surface area contributed by atoms with Gasteiger partial charge in [0.25, 0.3) is 0 Å². The maximum atomic E-state index is 11.2. The molecule has 2 aliphatic heterocycles. The number of aliphatic hydroxyl groups is 1. The molecule has 0 bridgehead atoms. The van der Waals surface area contributed by atoms with E-state index in [2.05, 4.69) is 76.2 Å². The van der Waals surface area contributed by atoms with Gasteiger partial charge in [-0.3, -0.25) is 0 Å². The average Bonchev–Trinajstić information content (AvgIpc) is 2.92. The zero-order valence-electron chi connectivity index (χ0n) is 28.3. The molecule has 6 nitrogen and oxygen atoms in total. The second-order valence-corrected chi connectivity index (χ2v) is 13.9. The molecule has 0 aromatic carbocycles. The lowest BCUT2D eigenvalue weighted by atomic mass is 9.74. The molecular formula is C34H66O6. The second-order valence-electron chi connectivity index (χ2n) is 13.9. The van der Waals surface area contributed by atoms with Crippen LogP contribution in [0.4, 0.5) is 0 Å². The number of ether oxygens (including phenoxy) is 5. The van der Waals surface area contributed by atoms with Crippen molar-refractivity contribution in [2.24, 2.45) is 41.4 Å². The smallest absolute Gasteiger partial charge is 0.166 e. The molecule has 4 unspecified atom stereocenters. The van der Waals surface area contributed by atoms with Gasteiger partial charge in [-0.1, -0.05) is 89.5 Å². The molecule has 14 atom stereocenters. The van der Waals surface area contributed by atoms with Crippen molar-refractivity contribution in [2.75, 3.05) is 6.61 Å². The summed E-state index contributed by atoms with van der Waals surface area (Å²) >= 11 is 0. The monoisotopic (exact) mass is 570 g/mol. The lowest BCUT2D eigenvalue weighted by Crippen LogP contribution is -2.53. The third-order valence-corrected chi connectivity index (χ3v) is 10.5. The summed E-state index contributed by atoms with van der Waals surface area (Å²) in [6.07, 6.45) is 3.06. The zero-order chi connectivity index (χ0) is 30.4. The van der Waals surface area contributed by atoms with Crippen molar-refractivity contribution in [3.8, 4) is 0 Å². The highest BCUT2D eigenvalue weighted by Crippen LogP contribution is 2.42. The van der Waals surface area contributed by atoms with Crippen LogP contribution in [0, 0.1) is 41.4 Å². The van der Waals surface area contributed by atoms with E-state index in [1.54, 1.807) is 0 Å². The number of hydrogen-bond acceptors (Lipinski definition) is 6. The molecule has 0 saturated carbocycles. The molecular weight excluding hydrogens is 504 g/mol. The van der Waals surface area contributed by atoms with Gasteiger partial charge in [0.1, 0.15) is 6.10 Å². The Morgan fingerprint density at radius 3 is 2.05 bits per heavy atom. The van der Waals surface area contributed by atoms with Crippen molar-refractivity contribution in [1.29, 1.82) is 0 Å². The molecule has 2 heterocycles. The van der Waals surface area contributed by atoms with E-state index in [9.17, 15) is 5.11 Å². The van der Waals surface area contributed by atoms with Crippen molar-refractivity contribution in [1.82, 2.24) is 0 Å². The Morgan fingerprint density at radius 1 is 0.875 bits per heavy atom. The van der Waals surface area contributed by atoms with Gasteiger partial charge in [-0.25, -0.2) is 0 Å². The largest absolute Gasteiger partial charge is 0.388 e. The van der Waals surface area contributed by atoms with Gasteiger partial charge in [0.2, 0.25) is 0 Å². The predicted molar refractivity (Wildman–Crippen MR) is 163 cm³/mol. The summed E-state index contributed by atoms with van der Waals surface area (Å²) in [7, 11) is 0. The summed E-state index contributed by atoms with van der Waals surface area (Å²) in [6, 6.07) is 0. The van der Waals surface area contributed by atoms with Crippen LogP contribution in [0.3, 0.4) is 0 Å². The Hall–Kier alpha value is -0.240. The average molecular weight is 571 g/mol. The normalized spacial score (nSPS) is 39.1. The number of hydrogen-bond donors (Lipinski definition) is 1. The fourth-order valence-corrected chi connectivity index (χ4v) is 6.98. The quantitative estimate of drug-likeness (QED) is 0.202. The summed E-state index contributed by atoms with van der Waals surface area (Å²) in [6.45, 7) is 29.0. The van der Waals surface area contributed by atoms with Crippen molar-refractivity contribution in [3.63, 3.8) is 0 Å². The van der Waals surface area contributed by atoms with Gasteiger partial charge >= 0.3 is 0 Å². The molecule has 238 valence electrons. The Kier molecular flexibility index (Phi) is 14.4. The molecule has 0 aliphatic carbocycles. The maximum absolute atomic E-state index is 11.2. The molecule has 40 heavy (non-hydrogen) atoms. The van der Waals surface area contributed by atoms with Gasteiger partial charge in [-0.2, -0.15) is 0 Å². The molecule has 2 rings (SSSR count). The van der Waals surface area contributed by atoms with Crippen LogP contribution in [0.25, 0.3) is 0 Å². The Morgan fingerprint density at radius 2 is 1.52 bits per heavy atom. The van der Waals surface area contributed by atoms with Gasteiger partial charge in [0.05, 0.1) is 37.1 Å². The fourth-order valence-electron chi connectivity index (χ4n) is 6.98. The summed E-state index contributed by atoms with van der Waals surface area (Å²) in [5, 5.41) is 11.2. The first-order valence-corrected chi connectivity index (χ1v) is 16.7. The lowest BCUT2D eigenvalue weighted by molar-refractivity contribution is -0.313. The topological polar surface area (TPSA) is 66.4 Å². The van der Waals surface area contributed by atoms with E-state index in [1.807, 2.05) is 13.8 Å². The van der Waals surface area contributed by atoms with E-state index < -0.39 is 18.2 Å². The van der Waals surface area contributed by atoms with E-state index in [0.717, 1.165) is 19.3 Å². The van der Waals surface area contributed by atoms with Crippen LogP contribution in [0.15, 0.2) is 0 Å². The number of rotatable bonds is 15. The van der Waals surface area contributed by atoms with Crippen molar-refractivity contribution in [2.45, 2.75) is 171 Å². The van der Waals surface area contributed by atoms with Gasteiger partial charge in [0, 0.05) is 6.42 Å². The summed E-state index contributed by atoms with van der Waals surface area (Å²) in [5.41, 5.74) is 0. The van der Waals surface area contributed by atoms with Gasteiger partial charge < -0.3 is 28.8 Å². The van der Waals surface area contributed by atoms with E-state index in [4.69, 9.17) is 23.7 Å². The van der Waals surface area contributed by atoms with E-state index in [-0.39, 0.29) is 37.1 Å². The van der Waals surface area contributed by atoms with Gasteiger partial charge in [-0.15, -0.1) is 0 Å². The van der Waals surface area contributed by atoms with E-state index >= 15 is 0 Å². The van der Waals surface area contributed by atoms with Crippen LogP contribution < -0.4 is 0 Å². The van der Waals surface area contributed by atoms with Crippen LogP contribution in [0.5, 0.6) is 0 Å². The second kappa shape index (κ2) is 16.0. The van der Waals surface area contributed by atoms with Crippen molar-refractivity contribution < 1.29 is 28.8 Å². The molecule has 2 fully saturated rings. The third kappa shape index (κ3) is 8.89. The van der Waals surface area contributed by atoms with Crippen molar-refractivity contribution in [3.05, 3.63) is 0 Å². The van der Waals surface area contributed by atoms with Crippen molar-refractivity contribution >= 4 is 0 Å². The summed E-state index contributed by atoms with van der Waals surface area (Å²) in [5.74, 6) is 2.49. The molecule has 0 amide bonds. The minimum Gasteiger partial charge on any atom is -0.388 e. The van der Waals surface area contributed by atoms with E-state index in [0.29, 0.717) is 54.3 Å². The van der Waals surface area contributed by atoms with Crippen LogP contribution in [-0.4, -0.2) is 60.4 Å². The summed E-state index contributed by atoms with van der Waals surface area (Å²) in [4.78, 5) is 0. The third-order valence-electron chi connectivity index (χ3n) is 10.5. The van der Waals surface area contributed by atoms with E-state index in [1.165, 1.54) is 0 Å². The molecule has 6 heteroatoms. The molecule has 2 aliphatic rings. The molecule has 1 N–H and O–H groups in total. The highest BCUT2D eigenvalue weighted by Gasteiger charge is 2.46. The molecule has 0 aromatic heterocycles. The SMILES string of the molecule is CCC(O[C@H](CC)O[C@@H]1C(CC)O[C@@H](C(C)C)C(C)[C@H]1C)[C@H](O)CO[C@]1(C)C[C@@H](C)[C@@H](C)C([C@H](C)[C@H](C)CC)O1. The first-order chi connectivity index (χ1) is 18.7. The first kappa shape index (κ1) is 36.0. The minimum absolute atomic E-state index is 0.0340. The van der Waals surface area contributed by atoms with Gasteiger partial charge in [-0.05, 0) is 67.6 Å². The molecule has 0 spiro atoms. The Balaban J connectivity index is 2.03. The highest BCUT2D eigenvalue weighted by molar-refractivity contribution is 4.91. The fraction of sp³-hybridized carbons (Fsp3) is 1.00. The Labute approximate surface area is 247 Å². The Bertz CT molecular complexity index is 715. The molecule has 2 saturated heterocycles. The number of aliphatic hydroxyl groups excluding tert-OH is 1. The van der Waals surface area contributed by atoms with Crippen LogP contribution >= 0.6 is 0 Å². The maximum Gasteiger partial charge on any atom is 0.166 e. The predicted octanol–water partition coefficient (Wildman–Crippen LogP) is 7.85. The highest BCUT2D eigenvalue weighted by atomic mass is 16.7. The molecule has 0 radical (unpaired) electrons. The molecule has 0 aromatic rings. The van der Waals surface area contributed by atoms with Crippen LogP contribution in [0.1, 0.15) is 122 Å². The first-order valence-electron chi connectivity index (χ1n) is 16.7.